The maximum Gasteiger partial charge on any atom is 0.223 e. The molecule has 0 saturated carbocycles. The Morgan fingerprint density at radius 1 is 1.10 bits per heavy atom. The quantitative estimate of drug-likeness (QED) is 0.682. The van der Waals surface area contributed by atoms with Crippen molar-refractivity contribution >= 4 is 17.5 Å². The Kier molecular flexibility index (Phi) is 5.74. The summed E-state index contributed by atoms with van der Waals surface area (Å²) in [5.41, 5.74) is 5.97. The zero-order valence-corrected chi connectivity index (χ0v) is 18.2. The number of hydrogen-bond donors (Lipinski definition) is 1. The van der Waals surface area contributed by atoms with Crippen molar-refractivity contribution in [2.24, 2.45) is 0 Å². The fourth-order valence-electron chi connectivity index (χ4n) is 4.80. The number of benzene rings is 1. The monoisotopic (exact) mass is 435 g/mol. The Labute approximate surface area is 187 Å². The molecule has 0 radical (unpaired) electrons. The van der Waals surface area contributed by atoms with Gasteiger partial charge in [-0.2, -0.15) is 0 Å². The number of amides is 1. The van der Waals surface area contributed by atoms with E-state index in [2.05, 4.69) is 33.1 Å². The zero-order chi connectivity index (χ0) is 21.2. The van der Waals surface area contributed by atoms with Crippen LogP contribution in [0.4, 0.5) is 0 Å². The van der Waals surface area contributed by atoms with Crippen LogP contribution in [0.1, 0.15) is 40.5 Å². The lowest BCUT2D eigenvalue weighted by Gasteiger charge is -2.39. The maximum atomic E-state index is 12.7. The topological polar surface area (TPSA) is 65.1 Å². The number of halogens is 1. The average Bonchev–Trinajstić information content (AvgIpc) is 3.26. The number of nitrogens with one attached hydrogen (secondary N) is 1. The van der Waals surface area contributed by atoms with Crippen LogP contribution in [0.2, 0.25) is 5.02 Å². The van der Waals surface area contributed by atoms with Gasteiger partial charge in [0.05, 0.1) is 23.8 Å². The number of fused-ring (bicyclic) bond motifs is 2. The molecule has 0 bridgehead atoms. The molecule has 1 aliphatic carbocycles. The third-order valence-corrected chi connectivity index (χ3v) is 6.67. The summed E-state index contributed by atoms with van der Waals surface area (Å²) in [6.07, 6.45) is 8.52. The van der Waals surface area contributed by atoms with Gasteiger partial charge in [0, 0.05) is 50.0 Å². The maximum absolute atomic E-state index is 12.7. The highest BCUT2D eigenvalue weighted by molar-refractivity contribution is 6.30. The smallest absolute Gasteiger partial charge is 0.223 e. The molecule has 31 heavy (non-hydrogen) atoms. The minimum Gasteiger partial charge on any atom is -0.351 e. The van der Waals surface area contributed by atoms with Crippen molar-refractivity contribution in [2.45, 2.75) is 31.7 Å². The van der Waals surface area contributed by atoms with Crippen LogP contribution >= 0.6 is 11.6 Å². The fourth-order valence-corrected chi connectivity index (χ4v) is 5.00. The van der Waals surface area contributed by atoms with Gasteiger partial charge in [0.2, 0.25) is 5.91 Å². The number of carbonyl (C=O) groups excluding carboxylic acids is 1. The van der Waals surface area contributed by atoms with E-state index in [1.807, 2.05) is 29.4 Å². The lowest BCUT2D eigenvalue weighted by atomic mass is 9.96. The zero-order valence-electron chi connectivity index (χ0n) is 17.4. The van der Waals surface area contributed by atoms with Gasteiger partial charge in [0.25, 0.3) is 0 Å². The summed E-state index contributed by atoms with van der Waals surface area (Å²) >= 11 is 6.32. The van der Waals surface area contributed by atoms with Crippen molar-refractivity contribution in [3.63, 3.8) is 0 Å². The van der Waals surface area contributed by atoms with Gasteiger partial charge in [0.15, 0.2) is 0 Å². The largest absolute Gasteiger partial charge is 0.351 e. The van der Waals surface area contributed by atoms with Crippen molar-refractivity contribution in [2.75, 3.05) is 26.2 Å². The standard InChI is InChI=1S/C24H26ClN5O/c25-19-5-7-21-18(14-19)4-3-17-2-1-9-27-23(17)24(21)30-12-10-29(11-13-30)22(31)8-6-20-15-26-16-28-20/h1-2,5,7,9,14-16,24H,3-4,6,8,10-13H2,(H,26,28). The second-order valence-corrected chi connectivity index (χ2v) is 8.71. The van der Waals surface area contributed by atoms with E-state index in [1.165, 1.54) is 16.7 Å². The molecule has 160 valence electrons. The third kappa shape index (κ3) is 4.23. The first-order valence-corrected chi connectivity index (χ1v) is 11.3. The van der Waals surface area contributed by atoms with Gasteiger partial charge in [0.1, 0.15) is 0 Å². The lowest BCUT2D eigenvalue weighted by molar-refractivity contribution is -0.133. The third-order valence-electron chi connectivity index (χ3n) is 6.43. The molecule has 1 unspecified atom stereocenters. The summed E-state index contributed by atoms with van der Waals surface area (Å²) in [7, 11) is 0. The first kappa shape index (κ1) is 20.2. The second kappa shape index (κ2) is 8.81. The number of imidazole rings is 1. The van der Waals surface area contributed by atoms with Gasteiger partial charge < -0.3 is 9.88 Å². The second-order valence-electron chi connectivity index (χ2n) is 8.27. The van der Waals surface area contributed by atoms with E-state index in [1.54, 1.807) is 6.33 Å². The molecule has 1 N–H and O–H groups in total. The Bertz CT molecular complexity index is 1060. The minimum atomic E-state index is 0.104. The summed E-state index contributed by atoms with van der Waals surface area (Å²) < 4.78 is 0. The highest BCUT2D eigenvalue weighted by atomic mass is 35.5. The van der Waals surface area contributed by atoms with E-state index in [0.717, 1.165) is 55.4 Å². The molecule has 3 heterocycles. The van der Waals surface area contributed by atoms with E-state index in [-0.39, 0.29) is 11.9 Å². The first-order valence-electron chi connectivity index (χ1n) is 10.9. The first-order chi connectivity index (χ1) is 15.2. The highest BCUT2D eigenvalue weighted by Gasteiger charge is 2.32. The number of carbonyl (C=O) groups is 1. The van der Waals surface area contributed by atoms with Crippen molar-refractivity contribution in [3.8, 4) is 0 Å². The summed E-state index contributed by atoms with van der Waals surface area (Å²) in [5.74, 6) is 0.203. The van der Waals surface area contributed by atoms with Crippen LogP contribution in [0.25, 0.3) is 0 Å². The highest BCUT2D eigenvalue weighted by Crippen LogP contribution is 2.37. The molecule has 0 spiro atoms. The van der Waals surface area contributed by atoms with Crippen LogP contribution in [-0.4, -0.2) is 56.8 Å². The molecule has 3 aromatic rings. The number of rotatable bonds is 4. The van der Waals surface area contributed by atoms with Gasteiger partial charge >= 0.3 is 0 Å². The van der Waals surface area contributed by atoms with Crippen LogP contribution in [0.15, 0.2) is 49.1 Å². The number of aryl methyl sites for hydroxylation is 3. The molecule has 5 rings (SSSR count). The Balaban J connectivity index is 1.33. The van der Waals surface area contributed by atoms with Crippen molar-refractivity contribution in [1.82, 2.24) is 24.8 Å². The van der Waals surface area contributed by atoms with E-state index >= 15 is 0 Å². The summed E-state index contributed by atoms with van der Waals surface area (Å²) in [4.78, 5) is 29.1. The van der Waals surface area contributed by atoms with Crippen LogP contribution in [0.3, 0.4) is 0 Å². The minimum absolute atomic E-state index is 0.104. The van der Waals surface area contributed by atoms with Crippen molar-refractivity contribution in [3.05, 3.63) is 82.2 Å². The molecule has 1 aliphatic heterocycles. The summed E-state index contributed by atoms with van der Waals surface area (Å²) in [6, 6.07) is 10.6. The molecule has 1 amide bonds. The number of nitrogens with zero attached hydrogens (tertiary/aromatic N) is 4. The van der Waals surface area contributed by atoms with Crippen molar-refractivity contribution < 1.29 is 4.79 Å². The van der Waals surface area contributed by atoms with E-state index < -0.39 is 0 Å². The van der Waals surface area contributed by atoms with E-state index in [4.69, 9.17) is 16.6 Å². The summed E-state index contributed by atoms with van der Waals surface area (Å²) in [5, 5.41) is 0.781. The van der Waals surface area contributed by atoms with Crippen LogP contribution in [0, 0.1) is 0 Å². The van der Waals surface area contributed by atoms with Gasteiger partial charge in [-0.15, -0.1) is 0 Å². The molecule has 2 aliphatic rings. The molecule has 2 aromatic heterocycles. The van der Waals surface area contributed by atoms with E-state index in [0.29, 0.717) is 12.8 Å². The molecule has 6 nitrogen and oxygen atoms in total. The molecule has 1 aromatic carbocycles. The number of aromatic nitrogens is 3. The summed E-state index contributed by atoms with van der Waals surface area (Å²) in [6.45, 7) is 3.13. The molecule has 1 fully saturated rings. The van der Waals surface area contributed by atoms with Crippen LogP contribution < -0.4 is 0 Å². The number of hydrogen-bond acceptors (Lipinski definition) is 4. The number of piperazine rings is 1. The van der Waals surface area contributed by atoms with Crippen LogP contribution in [0.5, 0.6) is 0 Å². The number of H-pyrrole nitrogens is 1. The Hall–Kier alpha value is -2.70. The van der Waals surface area contributed by atoms with Gasteiger partial charge in [-0.3, -0.25) is 14.7 Å². The predicted octanol–water partition coefficient (Wildman–Crippen LogP) is 3.42. The molecular formula is C24H26ClN5O. The van der Waals surface area contributed by atoms with E-state index in [9.17, 15) is 4.79 Å². The lowest BCUT2D eigenvalue weighted by Crippen LogP contribution is -2.50. The molecule has 1 atom stereocenters. The fraction of sp³-hybridized carbons (Fsp3) is 0.375. The van der Waals surface area contributed by atoms with Gasteiger partial charge in [-0.05, 0) is 54.2 Å². The normalized spacial score (nSPS) is 18.9. The molecule has 1 saturated heterocycles. The van der Waals surface area contributed by atoms with Crippen molar-refractivity contribution in [1.29, 1.82) is 0 Å². The molecular weight excluding hydrogens is 410 g/mol. The molecule has 7 heteroatoms. The predicted molar refractivity (Wildman–Crippen MR) is 120 cm³/mol. The Morgan fingerprint density at radius 3 is 2.74 bits per heavy atom. The van der Waals surface area contributed by atoms with Crippen LogP contribution in [-0.2, 0) is 24.1 Å². The Morgan fingerprint density at radius 2 is 1.94 bits per heavy atom. The van der Waals surface area contributed by atoms with Gasteiger partial charge in [-0.1, -0.05) is 23.7 Å². The number of pyridine rings is 1. The average molecular weight is 436 g/mol. The SMILES string of the molecule is O=C(CCc1c[nH]cn1)N1CCN(C2c3ccc(Cl)cc3CCc3cccnc32)CC1. The number of aromatic amines is 1. The van der Waals surface area contributed by atoms with Gasteiger partial charge in [-0.25, -0.2) is 4.98 Å².